The van der Waals surface area contributed by atoms with E-state index in [-0.39, 0.29) is 5.92 Å². The Hall–Kier alpha value is -8.88. The molecule has 0 saturated carbocycles. The van der Waals surface area contributed by atoms with Gasteiger partial charge in [0.25, 0.3) is 0 Å². The van der Waals surface area contributed by atoms with Crippen molar-refractivity contribution < 1.29 is 0 Å². The van der Waals surface area contributed by atoms with Gasteiger partial charge in [0.2, 0.25) is 0 Å². The van der Waals surface area contributed by atoms with Crippen LogP contribution in [0.25, 0.3) is 77.2 Å². The van der Waals surface area contributed by atoms with Crippen molar-refractivity contribution in [1.29, 1.82) is 10.5 Å². The highest BCUT2D eigenvalue weighted by Gasteiger charge is 2.36. The summed E-state index contributed by atoms with van der Waals surface area (Å²) >= 11 is 0. The second-order valence-corrected chi connectivity index (χ2v) is 16.8. The first kappa shape index (κ1) is 37.8. The first-order valence-corrected chi connectivity index (χ1v) is 22.0. The molecule has 11 aromatic rings. The first-order chi connectivity index (χ1) is 32.1. The molecule has 0 radical (unpaired) electrons. The van der Waals surface area contributed by atoms with Gasteiger partial charge in [0, 0.05) is 38.6 Å². The average molecular weight is 827 g/mol. The zero-order chi connectivity index (χ0) is 43.6. The highest BCUT2D eigenvalue weighted by molar-refractivity contribution is 6.12. The fraction of sp³-hybridized carbons (Fsp3) is 0.0492. The predicted molar refractivity (Wildman–Crippen MR) is 265 cm³/mol. The summed E-state index contributed by atoms with van der Waals surface area (Å²) in [7, 11) is 0. The lowest BCUT2D eigenvalue weighted by molar-refractivity contribution is 0.781. The maximum atomic E-state index is 11.9. The molecule has 4 nitrogen and oxygen atoms in total. The molecule has 1 atom stereocenters. The summed E-state index contributed by atoms with van der Waals surface area (Å²) in [4.78, 5) is 0. The second kappa shape index (κ2) is 15.2. The van der Waals surface area contributed by atoms with Crippen molar-refractivity contribution in [3.05, 3.63) is 239 Å². The van der Waals surface area contributed by atoms with Gasteiger partial charge in [-0.25, -0.2) is 0 Å². The monoisotopic (exact) mass is 826 g/mol. The number of nitriles is 2. The van der Waals surface area contributed by atoms with Crippen LogP contribution in [0.3, 0.4) is 0 Å². The van der Waals surface area contributed by atoms with Gasteiger partial charge in [-0.1, -0.05) is 176 Å². The predicted octanol–water partition coefficient (Wildman–Crippen LogP) is 14.4. The molecule has 0 N–H and O–H groups in total. The highest BCUT2D eigenvalue weighted by Crippen LogP contribution is 2.50. The molecule has 0 amide bonds. The Morgan fingerprint density at radius 2 is 0.877 bits per heavy atom. The van der Waals surface area contributed by atoms with E-state index in [1.165, 1.54) is 11.1 Å². The molecule has 9 aromatic carbocycles. The van der Waals surface area contributed by atoms with Crippen LogP contribution < -0.4 is 0 Å². The lowest BCUT2D eigenvalue weighted by Crippen LogP contribution is -2.20. The summed E-state index contributed by atoms with van der Waals surface area (Å²) < 4.78 is 4.59. The van der Waals surface area contributed by atoms with Crippen LogP contribution in [0, 0.1) is 41.4 Å². The highest BCUT2D eigenvalue weighted by atomic mass is 15.1. The fourth-order valence-electron chi connectivity index (χ4n) is 10.6. The molecule has 12 rings (SSSR count). The first-order valence-electron chi connectivity index (χ1n) is 22.0. The Kier molecular flexibility index (Phi) is 8.84. The molecule has 2 aromatic heterocycles. The number of fused-ring (bicyclic) bond motifs is 9. The van der Waals surface area contributed by atoms with Crippen LogP contribution >= 0.6 is 0 Å². The molecular formula is C61H38N4. The van der Waals surface area contributed by atoms with Gasteiger partial charge in [-0.3, -0.25) is 0 Å². The van der Waals surface area contributed by atoms with Crippen molar-refractivity contribution in [2.45, 2.75) is 19.3 Å². The van der Waals surface area contributed by atoms with Gasteiger partial charge in [-0.2, -0.15) is 10.5 Å². The van der Waals surface area contributed by atoms with Crippen LogP contribution in [-0.2, 0) is 6.42 Å². The lowest BCUT2D eigenvalue weighted by Gasteiger charge is -2.32. The van der Waals surface area contributed by atoms with Crippen LogP contribution in [0.4, 0.5) is 0 Å². The number of hydrogen-bond acceptors (Lipinski definition) is 2. The third-order valence-electron chi connectivity index (χ3n) is 13.4. The molecule has 1 unspecified atom stereocenters. The van der Waals surface area contributed by atoms with E-state index in [2.05, 4.69) is 204 Å². The minimum absolute atomic E-state index is 0.287. The number of para-hydroxylation sites is 4. The van der Waals surface area contributed by atoms with Crippen molar-refractivity contribution in [3.8, 4) is 57.6 Å². The summed E-state index contributed by atoms with van der Waals surface area (Å²) in [6, 6.07) is 73.0. The van der Waals surface area contributed by atoms with Crippen LogP contribution in [-0.4, -0.2) is 9.13 Å². The van der Waals surface area contributed by atoms with Gasteiger partial charge in [-0.05, 0) is 82.6 Å². The van der Waals surface area contributed by atoms with Crippen molar-refractivity contribution in [2.24, 2.45) is 0 Å². The number of benzene rings is 9. The van der Waals surface area contributed by atoms with Crippen LogP contribution in [0.1, 0.15) is 50.4 Å². The van der Waals surface area contributed by atoms with Gasteiger partial charge in [0.1, 0.15) is 12.1 Å². The standard InChI is InChI=1S/C61H38N4/c1-39-18-2-5-21-42(39)43-22-6-3-19-40(43)34-35-47-53(37-62)59(52-36-41-20-4-7-23-44(41)45-24-8-9-25-46(45)52)61(65-57-32-16-12-28-50(57)51-29-13-17-33-58(51)65)60(54(47)38-63)64-55-30-14-10-26-48(55)49-27-11-15-31-56(49)64/h2-33,52H,36H2,1H3. The van der Waals surface area contributed by atoms with Crippen molar-refractivity contribution in [2.75, 3.05) is 0 Å². The van der Waals surface area contributed by atoms with Gasteiger partial charge in [0.05, 0.1) is 50.1 Å². The van der Waals surface area contributed by atoms with Gasteiger partial charge >= 0.3 is 0 Å². The number of nitrogens with zero attached hydrogens (tertiary/aromatic N) is 4. The van der Waals surface area contributed by atoms with Gasteiger partial charge in [0.15, 0.2) is 0 Å². The number of aromatic nitrogens is 2. The largest absolute Gasteiger partial charge is 0.307 e. The average Bonchev–Trinajstić information content (AvgIpc) is 3.88. The number of hydrogen-bond donors (Lipinski definition) is 0. The molecule has 0 fully saturated rings. The minimum atomic E-state index is -0.287. The van der Waals surface area contributed by atoms with E-state index in [0.29, 0.717) is 28.8 Å². The zero-order valence-corrected chi connectivity index (χ0v) is 35.5. The van der Waals surface area contributed by atoms with Crippen molar-refractivity contribution in [3.63, 3.8) is 0 Å². The Morgan fingerprint density at radius 3 is 1.46 bits per heavy atom. The van der Waals surface area contributed by atoms with E-state index in [4.69, 9.17) is 0 Å². The van der Waals surface area contributed by atoms with E-state index in [9.17, 15) is 10.5 Å². The van der Waals surface area contributed by atoms with Crippen LogP contribution in [0.15, 0.2) is 194 Å². The Balaban J connectivity index is 1.31. The van der Waals surface area contributed by atoms with E-state index >= 15 is 0 Å². The maximum Gasteiger partial charge on any atom is 0.103 e. The summed E-state index contributed by atoms with van der Waals surface area (Å²) in [5.74, 6) is 6.85. The zero-order valence-electron chi connectivity index (χ0n) is 35.5. The SMILES string of the molecule is Cc1ccccc1-c1ccccc1C#Cc1c(C#N)c(C2Cc3ccccc3-c3ccccc32)c(-n2c3ccccc3c3ccccc32)c(-n2c3ccccc3c3ccccc32)c1C#N. The smallest absolute Gasteiger partial charge is 0.103 e. The molecule has 1 aliphatic carbocycles. The van der Waals surface area contributed by atoms with E-state index in [1.807, 2.05) is 30.3 Å². The van der Waals surface area contributed by atoms with Crippen LogP contribution in [0.2, 0.25) is 0 Å². The Morgan fingerprint density at radius 1 is 0.415 bits per heavy atom. The van der Waals surface area contributed by atoms with E-state index in [0.717, 1.165) is 88.2 Å². The van der Waals surface area contributed by atoms with Gasteiger partial charge in [-0.15, -0.1) is 0 Å². The lowest BCUT2D eigenvalue weighted by atomic mass is 9.73. The molecule has 302 valence electrons. The normalized spacial score (nSPS) is 12.9. The van der Waals surface area contributed by atoms with Gasteiger partial charge < -0.3 is 9.13 Å². The van der Waals surface area contributed by atoms with E-state index in [1.54, 1.807) is 0 Å². The quantitative estimate of drug-likeness (QED) is 0.166. The summed E-state index contributed by atoms with van der Waals surface area (Å²) in [6.45, 7) is 2.11. The van der Waals surface area contributed by atoms with Crippen LogP contribution in [0.5, 0.6) is 0 Å². The third kappa shape index (κ3) is 5.77. The Bertz CT molecular complexity index is 3820. The number of rotatable bonds is 4. The fourth-order valence-corrected chi connectivity index (χ4v) is 10.6. The van der Waals surface area contributed by atoms with Crippen molar-refractivity contribution in [1.82, 2.24) is 9.13 Å². The van der Waals surface area contributed by atoms with E-state index < -0.39 is 0 Å². The number of aryl methyl sites for hydroxylation is 1. The molecule has 0 bridgehead atoms. The molecule has 0 spiro atoms. The molecule has 2 heterocycles. The minimum Gasteiger partial charge on any atom is -0.307 e. The molecule has 1 aliphatic rings. The molecule has 0 aliphatic heterocycles. The maximum absolute atomic E-state index is 11.9. The molecule has 4 heteroatoms. The second-order valence-electron chi connectivity index (χ2n) is 16.8. The summed E-state index contributed by atoms with van der Waals surface area (Å²) in [6.07, 6.45) is 0.646. The molecular weight excluding hydrogens is 789 g/mol. The Labute approximate surface area is 377 Å². The third-order valence-corrected chi connectivity index (χ3v) is 13.4. The molecule has 0 saturated heterocycles. The topological polar surface area (TPSA) is 57.4 Å². The summed E-state index contributed by atoms with van der Waals surface area (Å²) in [5.41, 5.74) is 16.1. The van der Waals surface area contributed by atoms with Crippen molar-refractivity contribution >= 4 is 43.6 Å². The summed E-state index contributed by atoms with van der Waals surface area (Å²) in [5, 5.41) is 28.2. The molecule has 65 heavy (non-hydrogen) atoms.